The average molecular weight is 367 g/mol. The zero-order valence-electron chi connectivity index (χ0n) is 12.9. The van der Waals surface area contributed by atoms with Crippen LogP contribution in [0.15, 0.2) is 16.6 Å². The summed E-state index contributed by atoms with van der Waals surface area (Å²) < 4.78 is 12.1. The molecule has 0 radical (unpaired) electrons. The molecule has 0 heterocycles. The molecule has 0 saturated heterocycles. The molecular formula is C15H25BrClNO2. The number of nitrogens with one attached hydrogen (secondary N) is 1. The number of hydrogen-bond donors (Lipinski definition) is 1. The highest BCUT2D eigenvalue weighted by molar-refractivity contribution is 9.10. The first-order valence-electron chi connectivity index (χ1n) is 6.67. The van der Waals surface area contributed by atoms with E-state index in [0.29, 0.717) is 6.61 Å². The minimum Gasteiger partial charge on any atom is -0.493 e. The van der Waals surface area contributed by atoms with E-state index in [4.69, 9.17) is 9.47 Å². The maximum absolute atomic E-state index is 5.73. The lowest BCUT2D eigenvalue weighted by Crippen LogP contribution is -2.37. The molecule has 0 aliphatic carbocycles. The highest BCUT2D eigenvalue weighted by Crippen LogP contribution is 2.35. The van der Waals surface area contributed by atoms with Crippen LogP contribution in [0.1, 0.15) is 39.7 Å². The van der Waals surface area contributed by atoms with Gasteiger partial charge in [0.2, 0.25) is 0 Å². The standard InChI is InChI=1S/C15H24BrNO2.ClH/c1-6-15(3,4)17-10-11-8-12(16)9-13(18-5)14(11)19-7-2;/h8-9,17H,6-7,10H2,1-5H3;1H. The lowest BCUT2D eigenvalue weighted by Gasteiger charge is -2.25. The molecule has 1 aromatic carbocycles. The fraction of sp³-hybridized carbons (Fsp3) is 0.600. The third-order valence-corrected chi connectivity index (χ3v) is 3.70. The molecule has 20 heavy (non-hydrogen) atoms. The summed E-state index contributed by atoms with van der Waals surface area (Å²) in [4.78, 5) is 0. The van der Waals surface area contributed by atoms with Crippen LogP contribution in [0.25, 0.3) is 0 Å². The van der Waals surface area contributed by atoms with Gasteiger partial charge in [-0.1, -0.05) is 22.9 Å². The predicted octanol–water partition coefficient (Wildman–Crippen LogP) is 4.56. The molecule has 0 aromatic heterocycles. The van der Waals surface area contributed by atoms with Crippen molar-refractivity contribution in [1.82, 2.24) is 5.32 Å². The first-order chi connectivity index (χ1) is 8.93. The average Bonchev–Trinajstić information content (AvgIpc) is 2.38. The number of rotatable bonds is 7. The van der Waals surface area contributed by atoms with E-state index in [2.05, 4.69) is 48.1 Å². The first kappa shape index (κ1) is 19.6. The molecule has 0 fully saturated rings. The van der Waals surface area contributed by atoms with E-state index in [1.807, 2.05) is 13.0 Å². The summed E-state index contributed by atoms with van der Waals surface area (Å²) in [7, 11) is 1.66. The molecule has 3 nitrogen and oxygen atoms in total. The Bertz CT molecular complexity index is 425. The van der Waals surface area contributed by atoms with Gasteiger partial charge >= 0.3 is 0 Å². The van der Waals surface area contributed by atoms with Crippen molar-refractivity contribution in [2.75, 3.05) is 13.7 Å². The monoisotopic (exact) mass is 365 g/mol. The third-order valence-electron chi connectivity index (χ3n) is 3.25. The maximum atomic E-state index is 5.73. The Morgan fingerprint density at radius 3 is 2.40 bits per heavy atom. The van der Waals surface area contributed by atoms with Crippen molar-refractivity contribution >= 4 is 28.3 Å². The topological polar surface area (TPSA) is 30.5 Å². The van der Waals surface area contributed by atoms with Crippen molar-refractivity contribution in [1.29, 1.82) is 0 Å². The number of ether oxygens (including phenoxy) is 2. The zero-order valence-corrected chi connectivity index (χ0v) is 15.3. The van der Waals surface area contributed by atoms with Crippen LogP contribution in [0.5, 0.6) is 11.5 Å². The zero-order chi connectivity index (χ0) is 14.5. The Balaban J connectivity index is 0.00000361. The van der Waals surface area contributed by atoms with Crippen LogP contribution in [-0.4, -0.2) is 19.3 Å². The van der Waals surface area contributed by atoms with E-state index in [-0.39, 0.29) is 17.9 Å². The SMILES string of the molecule is CCOc1c(CNC(C)(C)CC)cc(Br)cc1OC.Cl. The Morgan fingerprint density at radius 2 is 1.90 bits per heavy atom. The van der Waals surface area contributed by atoms with Gasteiger partial charge in [-0.25, -0.2) is 0 Å². The Kier molecular flexibility index (Phi) is 8.56. The minimum atomic E-state index is 0. The van der Waals surface area contributed by atoms with Crippen molar-refractivity contribution in [3.05, 3.63) is 22.2 Å². The van der Waals surface area contributed by atoms with Crippen molar-refractivity contribution < 1.29 is 9.47 Å². The van der Waals surface area contributed by atoms with Gasteiger partial charge in [-0.2, -0.15) is 0 Å². The van der Waals surface area contributed by atoms with Gasteiger partial charge in [-0.3, -0.25) is 0 Å². The fourth-order valence-corrected chi connectivity index (χ4v) is 2.16. The molecule has 0 saturated carbocycles. The molecule has 0 atom stereocenters. The van der Waals surface area contributed by atoms with Gasteiger partial charge in [0, 0.05) is 22.1 Å². The lowest BCUT2D eigenvalue weighted by molar-refractivity contribution is 0.302. The van der Waals surface area contributed by atoms with Gasteiger partial charge in [-0.15, -0.1) is 12.4 Å². The van der Waals surface area contributed by atoms with Crippen LogP contribution in [0.2, 0.25) is 0 Å². The van der Waals surface area contributed by atoms with Gasteiger partial charge in [0.25, 0.3) is 0 Å². The summed E-state index contributed by atoms with van der Waals surface area (Å²) in [6, 6.07) is 4.01. The molecule has 0 bridgehead atoms. The van der Waals surface area contributed by atoms with E-state index in [1.165, 1.54) is 0 Å². The molecule has 116 valence electrons. The molecule has 0 amide bonds. The summed E-state index contributed by atoms with van der Waals surface area (Å²) >= 11 is 3.51. The molecule has 1 N–H and O–H groups in total. The molecule has 1 aromatic rings. The van der Waals surface area contributed by atoms with Gasteiger partial charge in [0.15, 0.2) is 11.5 Å². The molecule has 0 aliphatic heterocycles. The van der Waals surface area contributed by atoms with Crippen LogP contribution in [0.3, 0.4) is 0 Å². The summed E-state index contributed by atoms with van der Waals surface area (Å²) in [6.45, 7) is 9.94. The molecule has 1 rings (SSSR count). The number of halogens is 2. The van der Waals surface area contributed by atoms with Gasteiger partial charge in [0.05, 0.1) is 13.7 Å². The normalized spacial score (nSPS) is 10.9. The second kappa shape index (κ2) is 8.75. The molecule has 5 heteroatoms. The number of methoxy groups -OCH3 is 1. The van der Waals surface area contributed by atoms with E-state index < -0.39 is 0 Å². The Labute approximate surface area is 137 Å². The molecule has 0 aliphatic rings. The fourth-order valence-electron chi connectivity index (χ4n) is 1.67. The summed E-state index contributed by atoms with van der Waals surface area (Å²) in [5.41, 5.74) is 1.22. The predicted molar refractivity (Wildman–Crippen MR) is 90.3 cm³/mol. The summed E-state index contributed by atoms with van der Waals surface area (Å²) in [6.07, 6.45) is 1.07. The first-order valence-corrected chi connectivity index (χ1v) is 7.47. The maximum Gasteiger partial charge on any atom is 0.165 e. The highest BCUT2D eigenvalue weighted by Gasteiger charge is 2.17. The molecule has 0 unspecified atom stereocenters. The van der Waals surface area contributed by atoms with Crippen LogP contribution in [0, 0.1) is 0 Å². The van der Waals surface area contributed by atoms with Gasteiger partial charge in [-0.05, 0) is 39.3 Å². The van der Waals surface area contributed by atoms with Crippen LogP contribution in [-0.2, 0) is 6.54 Å². The van der Waals surface area contributed by atoms with Crippen LogP contribution in [0.4, 0.5) is 0 Å². The second-order valence-corrected chi connectivity index (χ2v) is 6.04. The smallest absolute Gasteiger partial charge is 0.165 e. The third kappa shape index (κ3) is 5.51. The Hall–Kier alpha value is -0.450. The van der Waals surface area contributed by atoms with Crippen molar-refractivity contribution in [2.45, 2.75) is 46.2 Å². The van der Waals surface area contributed by atoms with E-state index in [9.17, 15) is 0 Å². The highest BCUT2D eigenvalue weighted by atomic mass is 79.9. The van der Waals surface area contributed by atoms with Crippen molar-refractivity contribution in [3.8, 4) is 11.5 Å². The summed E-state index contributed by atoms with van der Waals surface area (Å²) in [5.74, 6) is 1.59. The van der Waals surface area contributed by atoms with Gasteiger partial charge in [0.1, 0.15) is 0 Å². The lowest BCUT2D eigenvalue weighted by atomic mass is 10.0. The van der Waals surface area contributed by atoms with Crippen molar-refractivity contribution in [2.24, 2.45) is 0 Å². The Morgan fingerprint density at radius 1 is 1.25 bits per heavy atom. The van der Waals surface area contributed by atoms with E-state index in [0.717, 1.165) is 34.5 Å². The molecule has 0 spiro atoms. The molecular weight excluding hydrogens is 342 g/mol. The van der Waals surface area contributed by atoms with E-state index in [1.54, 1.807) is 7.11 Å². The largest absolute Gasteiger partial charge is 0.493 e. The second-order valence-electron chi connectivity index (χ2n) is 5.12. The number of hydrogen-bond acceptors (Lipinski definition) is 3. The van der Waals surface area contributed by atoms with Crippen LogP contribution < -0.4 is 14.8 Å². The summed E-state index contributed by atoms with van der Waals surface area (Å²) in [5, 5.41) is 3.55. The van der Waals surface area contributed by atoms with E-state index >= 15 is 0 Å². The minimum absolute atomic E-state index is 0. The van der Waals surface area contributed by atoms with Crippen LogP contribution >= 0.6 is 28.3 Å². The van der Waals surface area contributed by atoms with Gasteiger partial charge < -0.3 is 14.8 Å². The number of benzene rings is 1. The van der Waals surface area contributed by atoms with Crippen molar-refractivity contribution in [3.63, 3.8) is 0 Å². The quantitative estimate of drug-likeness (QED) is 0.767.